The van der Waals surface area contributed by atoms with E-state index in [2.05, 4.69) is 95.3 Å². The van der Waals surface area contributed by atoms with Crippen molar-refractivity contribution in [3.05, 3.63) is 72.5 Å². The first-order valence-electron chi connectivity index (χ1n) is 26.1. The Morgan fingerprint density at radius 3 is 1.40 bits per heavy atom. The van der Waals surface area contributed by atoms with Gasteiger partial charge in [-0.25, -0.2) is 4.39 Å². The van der Waals surface area contributed by atoms with Crippen molar-refractivity contribution in [2.45, 2.75) is 257 Å². The van der Waals surface area contributed by atoms with Gasteiger partial charge in [-0.1, -0.05) is 262 Å². The second-order valence-electron chi connectivity index (χ2n) is 20.7. The van der Waals surface area contributed by atoms with Gasteiger partial charge in [0.25, 0.3) is 8.32 Å². The number of halogens is 1. The van der Waals surface area contributed by atoms with E-state index in [1.54, 1.807) is 0 Å². The molecule has 2 heterocycles. The van der Waals surface area contributed by atoms with E-state index < -0.39 is 26.4 Å². The number of hydrogen-bond donors (Lipinski definition) is 0. The molecule has 0 amide bonds. The van der Waals surface area contributed by atoms with Gasteiger partial charge in [0.15, 0.2) is 12.0 Å². The van der Waals surface area contributed by atoms with Gasteiger partial charge in [-0.2, -0.15) is 0 Å². The smallest absolute Gasteiger partial charge is 0.261 e. The van der Waals surface area contributed by atoms with Crippen molar-refractivity contribution in [3.63, 3.8) is 0 Å². The molecule has 1 saturated heterocycles. The summed E-state index contributed by atoms with van der Waals surface area (Å²) < 4.78 is 44.0. The fourth-order valence-corrected chi connectivity index (χ4v) is 14.9. The number of benzene rings is 2. The molecular weight excluding hydrogens is 784 g/mol. The Kier molecular flexibility index (Phi) is 24.5. The molecule has 352 valence electrons. The minimum absolute atomic E-state index is 0.188. The highest BCUT2D eigenvalue weighted by Gasteiger charge is 2.53. The van der Waals surface area contributed by atoms with Crippen LogP contribution in [0.15, 0.2) is 72.5 Å². The first-order valence-corrected chi connectivity index (χ1v) is 28.0. The van der Waals surface area contributed by atoms with Crippen molar-refractivity contribution < 1.29 is 23.0 Å². The van der Waals surface area contributed by atoms with Gasteiger partial charge in [-0.3, -0.25) is 0 Å². The fourth-order valence-electron chi connectivity index (χ4n) is 10.3. The second-order valence-corrected chi connectivity index (χ2v) is 25.0. The Hall–Kier alpha value is -1.99. The quantitative estimate of drug-likeness (QED) is 0.0518. The average Bonchev–Trinajstić information content (AvgIpc) is 3.58. The van der Waals surface area contributed by atoms with Gasteiger partial charge >= 0.3 is 0 Å². The molecule has 0 spiro atoms. The van der Waals surface area contributed by atoms with Gasteiger partial charge in [0, 0.05) is 0 Å². The number of unbranched alkanes of at least 4 members (excludes halogenated alkanes) is 22. The summed E-state index contributed by atoms with van der Waals surface area (Å²) in [5, 5.41) is 2.24. The van der Waals surface area contributed by atoms with E-state index in [1.807, 2.05) is 19.9 Å². The zero-order chi connectivity index (χ0) is 44.5. The van der Waals surface area contributed by atoms with Crippen LogP contribution in [0.1, 0.15) is 222 Å². The van der Waals surface area contributed by atoms with Crippen molar-refractivity contribution in [1.82, 2.24) is 0 Å². The molecule has 2 aliphatic heterocycles. The van der Waals surface area contributed by atoms with Crippen LogP contribution < -0.4 is 10.4 Å². The lowest BCUT2D eigenvalue weighted by atomic mass is 9.88. The third-order valence-electron chi connectivity index (χ3n) is 13.8. The maximum atomic E-state index is 16.9. The van der Waals surface area contributed by atoms with E-state index in [-0.39, 0.29) is 17.2 Å². The van der Waals surface area contributed by atoms with Crippen LogP contribution in [0.5, 0.6) is 0 Å². The van der Waals surface area contributed by atoms with Crippen LogP contribution in [-0.2, 0) is 18.6 Å². The molecule has 1 fully saturated rings. The number of hydrogen-bond acceptors (Lipinski definition) is 4. The lowest BCUT2D eigenvalue weighted by molar-refractivity contribution is -0.156. The summed E-state index contributed by atoms with van der Waals surface area (Å²) in [6.07, 6.45) is 34.4. The third-order valence-corrected chi connectivity index (χ3v) is 18.8. The van der Waals surface area contributed by atoms with Crippen LogP contribution in [0.3, 0.4) is 0 Å². The van der Waals surface area contributed by atoms with Crippen molar-refractivity contribution in [3.8, 4) is 0 Å². The summed E-state index contributed by atoms with van der Waals surface area (Å²) in [6, 6.07) is 21.4. The van der Waals surface area contributed by atoms with Crippen molar-refractivity contribution in [1.29, 1.82) is 0 Å². The van der Waals surface area contributed by atoms with E-state index in [4.69, 9.17) is 18.6 Å². The zero-order valence-electron chi connectivity index (χ0n) is 41.0. The Morgan fingerprint density at radius 1 is 0.597 bits per heavy atom. The Labute approximate surface area is 382 Å². The fraction of sp³-hybridized carbons (Fsp3) is 0.750. The highest BCUT2D eigenvalue weighted by molar-refractivity contribution is 6.99. The SMILES string of the molecule is CCCCCCCCCCCCCCC(CCCCCCCCCCCCCC)CC(F)C1=C[C@H]2OC(C)(C)O[C@H]2[C@@H](CO[Si](c2ccccc2)(c2ccccc2)C(C)(C)C)O1. The van der Waals surface area contributed by atoms with Gasteiger partial charge in [0.05, 0.1) is 6.61 Å². The standard InChI is InChI=1S/C56H93FO4Si/c1-8-10-12-14-16-18-20-22-24-26-28-32-38-47(39-33-29-27-25-23-21-19-17-15-13-11-9-2)44-50(57)51-45-52-54(61-56(6,7)60-52)53(59-51)46-58-62(55(3,4)5,48-40-34-30-35-41-48)49-42-36-31-37-43-49/h30-31,34-37,40-43,45,47,50,52-54H,8-29,32-33,38-39,44,46H2,1-7H3/t50?,52-,53-,54-/m1/s1. The topological polar surface area (TPSA) is 36.9 Å². The molecule has 0 bridgehead atoms. The Balaban J connectivity index is 1.38. The molecular formula is C56H93FO4Si. The first-order chi connectivity index (χ1) is 30.0. The van der Waals surface area contributed by atoms with Crippen LogP contribution in [0.4, 0.5) is 4.39 Å². The Morgan fingerprint density at radius 2 is 1.00 bits per heavy atom. The molecule has 4 atom stereocenters. The average molecular weight is 877 g/mol. The van der Waals surface area contributed by atoms with Crippen LogP contribution in [0, 0.1) is 5.92 Å². The summed E-state index contributed by atoms with van der Waals surface area (Å²) in [4.78, 5) is 0. The van der Waals surface area contributed by atoms with Crippen molar-refractivity contribution in [2.24, 2.45) is 5.92 Å². The largest absolute Gasteiger partial charge is 0.487 e. The second kappa shape index (κ2) is 28.8. The molecule has 0 N–H and O–H groups in total. The number of rotatable bonds is 34. The summed E-state index contributed by atoms with van der Waals surface area (Å²) in [7, 11) is -2.85. The summed E-state index contributed by atoms with van der Waals surface area (Å²) >= 11 is 0. The number of fused-ring (bicyclic) bond motifs is 1. The molecule has 2 aliphatic rings. The van der Waals surface area contributed by atoms with Crippen LogP contribution in [-0.4, -0.2) is 45.2 Å². The number of ether oxygens (including phenoxy) is 3. The maximum absolute atomic E-state index is 16.9. The maximum Gasteiger partial charge on any atom is 0.261 e. The lowest BCUT2D eigenvalue weighted by Crippen LogP contribution is -2.67. The van der Waals surface area contributed by atoms with E-state index in [9.17, 15) is 0 Å². The zero-order valence-corrected chi connectivity index (χ0v) is 42.0. The molecule has 4 rings (SSSR count). The molecule has 2 aromatic rings. The predicted molar refractivity (Wildman–Crippen MR) is 265 cm³/mol. The lowest BCUT2D eigenvalue weighted by Gasteiger charge is -2.44. The molecule has 62 heavy (non-hydrogen) atoms. The molecule has 0 aliphatic carbocycles. The van der Waals surface area contributed by atoms with Gasteiger partial charge in [-0.05, 0) is 47.7 Å². The van der Waals surface area contributed by atoms with E-state index in [0.717, 1.165) is 12.8 Å². The summed E-state index contributed by atoms with van der Waals surface area (Å²) in [5.74, 6) is -0.0294. The summed E-state index contributed by atoms with van der Waals surface area (Å²) in [5.41, 5.74) is 0. The van der Waals surface area contributed by atoms with Gasteiger partial charge < -0.3 is 18.6 Å². The van der Waals surface area contributed by atoms with E-state index in [0.29, 0.717) is 24.7 Å². The van der Waals surface area contributed by atoms with Crippen molar-refractivity contribution >= 4 is 18.7 Å². The van der Waals surface area contributed by atoms with Gasteiger partial charge in [0.2, 0.25) is 0 Å². The van der Waals surface area contributed by atoms with Crippen LogP contribution >= 0.6 is 0 Å². The number of alkyl halides is 1. The normalized spacial score (nSPS) is 19.4. The van der Waals surface area contributed by atoms with E-state index >= 15 is 4.39 Å². The molecule has 4 nitrogen and oxygen atoms in total. The molecule has 2 aromatic carbocycles. The molecule has 6 heteroatoms. The van der Waals surface area contributed by atoms with Crippen molar-refractivity contribution in [2.75, 3.05) is 6.61 Å². The van der Waals surface area contributed by atoms with Gasteiger partial charge in [-0.15, -0.1) is 0 Å². The van der Waals surface area contributed by atoms with Gasteiger partial charge in [0.1, 0.15) is 24.1 Å². The highest BCUT2D eigenvalue weighted by atomic mass is 28.4. The minimum Gasteiger partial charge on any atom is -0.487 e. The summed E-state index contributed by atoms with van der Waals surface area (Å²) in [6.45, 7) is 15.6. The molecule has 0 radical (unpaired) electrons. The molecule has 0 aromatic heterocycles. The predicted octanol–water partition coefficient (Wildman–Crippen LogP) is 15.9. The van der Waals surface area contributed by atoms with E-state index in [1.165, 1.54) is 164 Å². The molecule has 1 unspecified atom stereocenters. The van der Waals surface area contributed by atoms with Crippen LogP contribution in [0.2, 0.25) is 5.04 Å². The molecule has 0 saturated carbocycles. The first kappa shape index (κ1) is 52.6. The Bertz CT molecular complexity index is 1390. The minimum atomic E-state index is -2.85. The number of allylic oxidation sites excluding steroid dienone is 1. The monoisotopic (exact) mass is 877 g/mol. The van der Waals surface area contributed by atoms with Crippen LogP contribution in [0.25, 0.3) is 0 Å². The third kappa shape index (κ3) is 17.8. The highest BCUT2D eigenvalue weighted by Crippen LogP contribution is 2.41.